The number of benzene rings is 2. The number of para-hydroxylation sites is 1. The summed E-state index contributed by atoms with van der Waals surface area (Å²) in [7, 11) is 0. The quantitative estimate of drug-likeness (QED) is 0.282. The molecule has 0 spiro atoms. The number of fused-ring (bicyclic) bond motifs is 1. The molecule has 12 heteroatoms. The molecular formula is C31H35FN4O7. The highest BCUT2D eigenvalue weighted by molar-refractivity contribution is 5.95. The lowest BCUT2D eigenvalue weighted by atomic mass is 10.0. The van der Waals surface area contributed by atoms with Gasteiger partial charge < -0.3 is 24.9 Å². The average Bonchev–Trinajstić information content (AvgIpc) is 3.29. The summed E-state index contributed by atoms with van der Waals surface area (Å²) in [6, 6.07) is 11.5. The first-order valence-corrected chi connectivity index (χ1v) is 14.2. The number of rotatable bonds is 10. The molecule has 1 aliphatic carbocycles. The Labute approximate surface area is 248 Å². The molecule has 2 aromatic carbocycles. The molecule has 2 heterocycles. The van der Waals surface area contributed by atoms with Crippen molar-refractivity contribution in [2.45, 2.75) is 63.5 Å². The molecule has 43 heavy (non-hydrogen) atoms. The SMILES string of the molecule is C=C[C@@H]1CC1(NC(=O)[C@@H]1C[C@@H](OC(=O)N2Cc3cccc(F)c3C2)CN1C(=O)C(NOc1ccccc1)C(C)C)C(=O)O. The molecule has 2 fully saturated rings. The van der Waals surface area contributed by atoms with E-state index in [-0.39, 0.29) is 38.4 Å². The number of nitrogens with zero attached hydrogens (tertiary/aromatic N) is 2. The van der Waals surface area contributed by atoms with Crippen LogP contribution in [0, 0.1) is 17.7 Å². The fraction of sp³-hybridized carbons (Fsp3) is 0.419. The Morgan fingerprint density at radius 3 is 2.49 bits per heavy atom. The lowest BCUT2D eigenvalue weighted by Gasteiger charge is -2.30. The van der Waals surface area contributed by atoms with Crippen molar-refractivity contribution >= 4 is 23.9 Å². The Kier molecular flexibility index (Phi) is 8.41. The fourth-order valence-electron chi connectivity index (χ4n) is 5.69. The van der Waals surface area contributed by atoms with Crippen LogP contribution < -0.4 is 15.6 Å². The third kappa shape index (κ3) is 6.05. The van der Waals surface area contributed by atoms with Crippen molar-refractivity contribution in [2.24, 2.45) is 11.8 Å². The summed E-state index contributed by atoms with van der Waals surface area (Å²) in [6.07, 6.45) is 0.0588. The predicted octanol–water partition coefficient (Wildman–Crippen LogP) is 3.00. The zero-order valence-corrected chi connectivity index (χ0v) is 24.0. The van der Waals surface area contributed by atoms with E-state index in [4.69, 9.17) is 9.57 Å². The van der Waals surface area contributed by atoms with Gasteiger partial charge in [0, 0.05) is 24.4 Å². The summed E-state index contributed by atoms with van der Waals surface area (Å²) < 4.78 is 20.0. The summed E-state index contributed by atoms with van der Waals surface area (Å²) in [4.78, 5) is 60.9. The van der Waals surface area contributed by atoms with Gasteiger partial charge >= 0.3 is 12.1 Å². The van der Waals surface area contributed by atoms with Gasteiger partial charge in [-0.1, -0.05) is 50.3 Å². The molecule has 11 nitrogen and oxygen atoms in total. The van der Waals surface area contributed by atoms with Crippen LogP contribution in [0.25, 0.3) is 0 Å². The highest BCUT2D eigenvalue weighted by atomic mass is 19.1. The molecule has 2 unspecified atom stereocenters. The summed E-state index contributed by atoms with van der Waals surface area (Å²) >= 11 is 0. The van der Waals surface area contributed by atoms with Gasteiger partial charge in [-0.05, 0) is 36.1 Å². The first-order chi connectivity index (χ1) is 20.5. The van der Waals surface area contributed by atoms with Crippen LogP contribution in [0.15, 0.2) is 61.2 Å². The number of amides is 3. The zero-order valence-electron chi connectivity index (χ0n) is 24.0. The van der Waals surface area contributed by atoms with E-state index in [1.54, 1.807) is 36.4 Å². The summed E-state index contributed by atoms with van der Waals surface area (Å²) in [6.45, 7) is 7.40. The molecule has 3 amide bonds. The molecule has 0 bridgehead atoms. The Balaban J connectivity index is 1.33. The van der Waals surface area contributed by atoms with Crippen LogP contribution in [0.1, 0.15) is 37.8 Å². The molecule has 0 aromatic heterocycles. The Bertz CT molecular complexity index is 1420. The Hall–Kier alpha value is -4.45. The van der Waals surface area contributed by atoms with Crippen LogP contribution in [0.2, 0.25) is 0 Å². The number of hydroxylamine groups is 1. The van der Waals surface area contributed by atoms with Crippen LogP contribution in [-0.4, -0.2) is 69.1 Å². The van der Waals surface area contributed by atoms with Crippen molar-refractivity contribution in [1.82, 2.24) is 20.6 Å². The van der Waals surface area contributed by atoms with Crippen LogP contribution in [0.3, 0.4) is 0 Å². The second-order valence-electron chi connectivity index (χ2n) is 11.5. The van der Waals surface area contributed by atoms with Gasteiger partial charge in [0.25, 0.3) is 0 Å². The Morgan fingerprint density at radius 1 is 1.12 bits per heavy atom. The monoisotopic (exact) mass is 594 g/mol. The van der Waals surface area contributed by atoms with Crippen molar-refractivity contribution in [3.05, 3.63) is 78.1 Å². The Morgan fingerprint density at radius 2 is 1.86 bits per heavy atom. The summed E-state index contributed by atoms with van der Waals surface area (Å²) in [5.41, 5.74) is 2.40. The first-order valence-electron chi connectivity index (χ1n) is 14.2. The van der Waals surface area contributed by atoms with Gasteiger partial charge in [0.05, 0.1) is 13.1 Å². The number of ether oxygens (including phenoxy) is 1. The number of hydrogen-bond acceptors (Lipinski definition) is 7. The highest BCUT2D eigenvalue weighted by Gasteiger charge is 2.61. The zero-order chi connectivity index (χ0) is 30.9. The van der Waals surface area contributed by atoms with Gasteiger partial charge in [-0.25, -0.2) is 14.0 Å². The molecule has 5 atom stereocenters. The highest BCUT2D eigenvalue weighted by Crippen LogP contribution is 2.45. The molecule has 3 N–H and O–H groups in total. The maximum absolute atomic E-state index is 14.2. The van der Waals surface area contributed by atoms with Gasteiger partial charge in [-0.15, -0.1) is 12.1 Å². The van der Waals surface area contributed by atoms with Crippen LogP contribution in [0.5, 0.6) is 5.75 Å². The lowest BCUT2D eigenvalue weighted by Crippen LogP contribution is -2.57. The molecule has 2 aromatic rings. The summed E-state index contributed by atoms with van der Waals surface area (Å²) in [5, 5.41) is 12.4. The van der Waals surface area contributed by atoms with E-state index in [1.165, 1.54) is 21.9 Å². The van der Waals surface area contributed by atoms with Crippen molar-refractivity contribution in [3.8, 4) is 5.75 Å². The number of likely N-dealkylation sites (tertiary alicyclic amines) is 1. The minimum atomic E-state index is -1.50. The van der Waals surface area contributed by atoms with E-state index < -0.39 is 59.3 Å². The van der Waals surface area contributed by atoms with Gasteiger partial charge in [0.1, 0.15) is 35.3 Å². The number of carbonyl (C=O) groups excluding carboxylic acids is 3. The average molecular weight is 595 g/mol. The molecule has 228 valence electrons. The van der Waals surface area contributed by atoms with E-state index >= 15 is 0 Å². The number of hydrogen-bond donors (Lipinski definition) is 3. The second kappa shape index (κ2) is 12.0. The largest absolute Gasteiger partial charge is 0.479 e. The predicted molar refractivity (Wildman–Crippen MR) is 152 cm³/mol. The molecule has 1 saturated carbocycles. The molecule has 5 rings (SSSR count). The van der Waals surface area contributed by atoms with E-state index in [0.717, 1.165) is 0 Å². The van der Waals surface area contributed by atoms with Crippen molar-refractivity contribution < 1.29 is 38.2 Å². The van der Waals surface area contributed by atoms with Crippen molar-refractivity contribution in [2.75, 3.05) is 6.54 Å². The minimum Gasteiger partial charge on any atom is -0.479 e. The van der Waals surface area contributed by atoms with Gasteiger partial charge in [0.2, 0.25) is 11.8 Å². The van der Waals surface area contributed by atoms with Crippen molar-refractivity contribution in [1.29, 1.82) is 0 Å². The van der Waals surface area contributed by atoms with Gasteiger partial charge in [0.15, 0.2) is 0 Å². The fourth-order valence-corrected chi connectivity index (χ4v) is 5.69. The number of nitrogens with one attached hydrogen (secondary N) is 2. The maximum Gasteiger partial charge on any atom is 0.410 e. The third-order valence-corrected chi connectivity index (χ3v) is 8.31. The van der Waals surface area contributed by atoms with E-state index in [0.29, 0.717) is 16.9 Å². The number of halogens is 1. The topological polar surface area (TPSA) is 138 Å². The van der Waals surface area contributed by atoms with Crippen LogP contribution in [0.4, 0.5) is 9.18 Å². The third-order valence-electron chi connectivity index (χ3n) is 8.31. The molecule has 3 aliphatic rings. The first kappa shape index (κ1) is 30.0. The van der Waals surface area contributed by atoms with Crippen molar-refractivity contribution in [3.63, 3.8) is 0 Å². The van der Waals surface area contributed by atoms with E-state index in [2.05, 4.69) is 17.4 Å². The molecule has 0 radical (unpaired) electrons. The molecule has 2 aliphatic heterocycles. The molecular weight excluding hydrogens is 559 g/mol. The standard InChI is InChI=1S/C31H35FN4O7/c1-4-20-14-31(20,29(39)40)33-27(37)25-13-22(42-30(41)35-15-19-9-8-12-24(32)23(19)17-35)16-36(25)28(38)26(18(2)3)34-43-21-10-6-5-7-11-21/h4-12,18,20,22,25-26,34H,1,13-17H2,2-3H3,(H,33,37)(H,39,40)/t20-,22-,25+,26?,31?/m1/s1. The maximum atomic E-state index is 14.2. The lowest BCUT2D eigenvalue weighted by molar-refractivity contribution is -0.146. The summed E-state index contributed by atoms with van der Waals surface area (Å²) in [5.74, 6) is -2.96. The smallest absolute Gasteiger partial charge is 0.410 e. The normalized spacial score (nSPS) is 24.7. The van der Waals surface area contributed by atoms with Crippen LogP contribution >= 0.6 is 0 Å². The number of carboxylic acids is 1. The number of aliphatic carboxylic acids is 1. The van der Waals surface area contributed by atoms with Crippen LogP contribution in [-0.2, 0) is 32.2 Å². The van der Waals surface area contributed by atoms with Gasteiger partial charge in [-0.3, -0.25) is 14.5 Å². The number of carbonyl (C=O) groups is 4. The molecule has 1 saturated heterocycles. The van der Waals surface area contributed by atoms with E-state index in [1.807, 2.05) is 19.9 Å². The van der Waals surface area contributed by atoms with E-state index in [9.17, 15) is 28.7 Å². The second-order valence-corrected chi connectivity index (χ2v) is 11.5. The minimum absolute atomic E-state index is 0.0420. The number of carboxylic acid groups (broad SMARTS) is 1. The van der Waals surface area contributed by atoms with Gasteiger partial charge in [-0.2, -0.15) is 0 Å².